The Bertz CT molecular complexity index is 362. The Morgan fingerprint density at radius 1 is 1.15 bits per heavy atom. The Balaban J connectivity index is 1.92. The smallest absolute Gasteiger partial charge is 0.201 e. The predicted molar refractivity (Wildman–Crippen MR) is 71.3 cm³/mol. The van der Waals surface area contributed by atoms with Crippen molar-refractivity contribution >= 4 is 0 Å². The van der Waals surface area contributed by atoms with Crippen LogP contribution >= 0.6 is 0 Å². The molecule has 0 aromatic heterocycles. The standard InChI is InChI=1S/C15H26O5/c1-8-4-5-11-9(2)13(16)18-14-12(11)10(8)6-7-15(3,19-14)20-17/h8-14,16-17H,4-7H2,1-3H3. The second-order valence-corrected chi connectivity index (χ2v) is 7.10. The Hall–Kier alpha value is -0.200. The van der Waals surface area contributed by atoms with Crippen LogP contribution in [0.2, 0.25) is 0 Å². The molecule has 3 aliphatic rings. The van der Waals surface area contributed by atoms with Crippen molar-refractivity contribution in [3.05, 3.63) is 0 Å². The first kappa shape index (κ1) is 14.7. The van der Waals surface area contributed by atoms with Gasteiger partial charge in [0.2, 0.25) is 5.79 Å². The molecule has 3 rings (SSSR count). The Morgan fingerprint density at radius 2 is 1.90 bits per heavy atom. The molecule has 0 aromatic rings. The normalized spacial score (nSPS) is 56.0. The van der Waals surface area contributed by atoms with Crippen LogP contribution in [0, 0.1) is 29.6 Å². The summed E-state index contributed by atoms with van der Waals surface area (Å²) in [6, 6.07) is 0. The molecule has 0 amide bonds. The maximum atomic E-state index is 10.1. The zero-order valence-corrected chi connectivity index (χ0v) is 12.5. The molecule has 0 bridgehead atoms. The van der Waals surface area contributed by atoms with E-state index in [2.05, 4.69) is 18.7 Å². The maximum Gasteiger partial charge on any atom is 0.201 e. The maximum absolute atomic E-state index is 10.1. The van der Waals surface area contributed by atoms with Crippen molar-refractivity contribution in [3.8, 4) is 0 Å². The third kappa shape index (κ3) is 2.29. The molecule has 2 heterocycles. The number of hydrogen-bond donors (Lipinski definition) is 2. The highest BCUT2D eigenvalue weighted by atomic mass is 17.1. The molecule has 5 nitrogen and oxygen atoms in total. The van der Waals surface area contributed by atoms with Crippen LogP contribution < -0.4 is 0 Å². The number of hydrogen-bond acceptors (Lipinski definition) is 5. The number of rotatable bonds is 1. The van der Waals surface area contributed by atoms with Crippen molar-refractivity contribution in [2.75, 3.05) is 0 Å². The van der Waals surface area contributed by atoms with Gasteiger partial charge in [-0.1, -0.05) is 20.3 Å². The van der Waals surface area contributed by atoms with Crippen LogP contribution in [0.5, 0.6) is 0 Å². The monoisotopic (exact) mass is 286 g/mol. The molecule has 2 N–H and O–H groups in total. The van der Waals surface area contributed by atoms with E-state index in [0.717, 1.165) is 12.8 Å². The molecule has 5 heteroatoms. The lowest BCUT2D eigenvalue weighted by atomic mass is 9.61. The van der Waals surface area contributed by atoms with Gasteiger partial charge in [-0.2, -0.15) is 0 Å². The van der Waals surface area contributed by atoms with Crippen LogP contribution in [0.3, 0.4) is 0 Å². The summed E-state index contributed by atoms with van der Waals surface area (Å²) >= 11 is 0. The summed E-state index contributed by atoms with van der Waals surface area (Å²) in [5, 5.41) is 19.3. The topological polar surface area (TPSA) is 68.2 Å². The molecule has 2 aliphatic heterocycles. The number of ether oxygens (including phenoxy) is 2. The van der Waals surface area contributed by atoms with E-state index >= 15 is 0 Å². The highest BCUT2D eigenvalue weighted by Gasteiger charge is 2.54. The lowest BCUT2D eigenvalue weighted by Gasteiger charge is -2.51. The molecule has 20 heavy (non-hydrogen) atoms. The second-order valence-electron chi connectivity index (χ2n) is 7.10. The zero-order chi connectivity index (χ0) is 14.5. The molecule has 0 spiro atoms. The lowest BCUT2D eigenvalue weighted by Crippen LogP contribution is -2.53. The summed E-state index contributed by atoms with van der Waals surface area (Å²) in [6.07, 6.45) is 2.62. The minimum absolute atomic E-state index is 0.134. The van der Waals surface area contributed by atoms with Crippen molar-refractivity contribution in [1.29, 1.82) is 0 Å². The van der Waals surface area contributed by atoms with Gasteiger partial charge in [-0.05, 0) is 37.5 Å². The summed E-state index contributed by atoms with van der Waals surface area (Å²) < 4.78 is 11.6. The van der Waals surface area contributed by atoms with Gasteiger partial charge < -0.3 is 14.6 Å². The van der Waals surface area contributed by atoms with E-state index < -0.39 is 18.4 Å². The summed E-state index contributed by atoms with van der Waals surface area (Å²) in [6.45, 7) is 6.08. The van der Waals surface area contributed by atoms with Gasteiger partial charge in [0.05, 0.1) is 0 Å². The van der Waals surface area contributed by atoms with Gasteiger partial charge in [-0.15, -0.1) is 0 Å². The predicted octanol–water partition coefficient (Wildman–Crippen LogP) is 2.59. The number of aliphatic hydroxyl groups excluding tert-OH is 1. The fraction of sp³-hybridized carbons (Fsp3) is 1.00. The fourth-order valence-corrected chi connectivity index (χ4v) is 4.52. The Morgan fingerprint density at radius 3 is 2.60 bits per heavy atom. The Kier molecular flexibility index (Phi) is 3.84. The van der Waals surface area contributed by atoms with E-state index in [1.54, 1.807) is 6.92 Å². The zero-order valence-electron chi connectivity index (χ0n) is 12.5. The van der Waals surface area contributed by atoms with Crippen LogP contribution in [0.15, 0.2) is 0 Å². The highest BCUT2D eigenvalue weighted by molar-refractivity contribution is 4.95. The van der Waals surface area contributed by atoms with Gasteiger partial charge in [0.1, 0.15) is 0 Å². The molecule has 8 atom stereocenters. The van der Waals surface area contributed by atoms with Gasteiger partial charge in [0.25, 0.3) is 0 Å². The quantitative estimate of drug-likeness (QED) is 0.573. The summed E-state index contributed by atoms with van der Waals surface area (Å²) in [4.78, 5) is 4.57. The molecular weight excluding hydrogens is 260 g/mol. The SMILES string of the molecule is CC1CCC2C(C)C(O)OC3OC(C)(OO)CCC1C32. The molecule has 0 aromatic carbocycles. The third-order valence-electron chi connectivity index (χ3n) is 5.88. The molecule has 2 saturated heterocycles. The highest BCUT2D eigenvalue weighted by Crippen LogP contribution is 2.53. The molecule has 116 valence electrons. The molecule has 8 unspecified atom stereocenters. The van der Waals surface area contributed by atoms with E-state index in [9.17, 15) is 5.11 Å². The van der Waals surface area contributed by atoms with Crippen LogP contribution in [0.1, 0.15) is 46.5 Å². The van der Waals surface area contributed by atoms with E-state index in [4.69, 9.17) is 14.7 Å². The summed E-state index contributed by atoms with van der Waals surface area (Å²) in [7, 11) is 0. The van der Waals surface area contributed by atoms with Crippen LogP contribution in [0.25, 0.3) is 0 Å². The van der Waals surface area contributed by atoms with Crippen LogP contribution in [-0.4, -0.2) is 28.7 Å². The van der Waals surface area contributed by atoms with Crippen molar-refractivity contribution in [2.45, 2.75) is 64.8 Å². The summed E-state index contributed by atoms with van der Waals surface area (Å²) in [5.74, 6) is 0.932. The van der Waals surface area contributed by atoms with E-state index in [0.29, 0.717) is 24.2 Å². The van der Waals surface area contributed by atoms with E-state index in [-0.39, 0.29) is 11.8 Å². The first-order valence-electron chi connectivity index (χ1n) is 7.79. The number of aliphatic hydroxyl groups is 1. The van der Waals surface area contributed by atoms with E-state index in [1.165, 1.54) is 6.42 Å². The molecule has 3 fully saturated rings. The van der Waals surface area contributed by atoms with Crippen molar-refractivity contribution in [1.82, 2.24) is 0 Å². The molecule has 1 aliphatic carbocycles. The van der Waals surface area contributed by atoms with Crippen molar-refractivity contribution < 1.29 is 24.7 Å². The van der Waals surface area contributed by atoms with Crippen LogP contribution in [-0.2, 0) is 14.4 Å². The van der Waals surface area contributed by atoms with Gasteiger partial charge in [-0.25, -0.2) is 10.1 Å². The van der Waals surface area contributed by atoms with Gasteiger partial charge in [-0.3, -0.25) is 0 Å². The molecule has 1 saturated carbocycles. The van der Waals surface area contributed by atoms with Crippen LogP contribution in [0.4, 0.5) is 0 Å². The summed E-state index contributed by atoms with van der Waals surface area (Å²) in [5.41, 5.74) is 0. The third-order valence-corrected chi connectivity index (χ3v) is 5.88. The van der Waals surface area contributed by atoms with Gasteiger partial charge >= 0.3 is 0 Å². The van der Waals surface area contributed by atoms with E-state index in [1.807, 2.05) is 0 Å². The minimum Gasteiger partial charge on any atom is -0.368 e. The average molecular weight is 286 g/mol. The van der Waals surface area contributed by atoms with Crippen molar-refractivity contribution in [3.63, 3.8) is 0 Å². The average Bonchev–Trinajstić information content (AvgIpc) is 2.57. The Labute approximate surface area is 120 Å². The first-order valence-corrected chi connectivity index (χ1v) is 7.79. The van der Waals surface area contributed by atoms with Gasteiger partial charge in [0, 0.05) is 18.3 Å². The molecular formula is C15H26O5. The van der Waals surface area contributed by atoms with Gasteiger partial charge in [0.15, 0.2) is 12.6 Å². The minimum atomic E-state index is -1.04. The largest absolute Gasteiger partial charge is 0.368 e. The first-order chi connectivity index (χ1) is 9.45. The lowest BCUT2D eigenvalue weighted by molar-refractivity contribution is -0.442. The molecule has 0 radical (unpaired) electrons. The second kappa shape index (κ2) is 5.21. The van der Waals surface area contributed by atoms with Crippen molar-refractivity contribution in [2.24, 2.45) is 29.6 Å². The fourth-order valence-electron chi connectivity index (χ4n) is 4.52.